The van der Waals surface area contributed by atoms with Crippen molar-refractivity contribution in [2.75, 3.05) is 11.9 Å². The van der Waals surface area contributed by atoms with Crippen LogP contribution in [0.2, 0.25) is 5.02 Å². The maximum Gasteiger partial charge on any atom is 0.233 e. The van der Waals surface area contributed by atoms with Gasteiger partial charge in [-0.25, -0.2) is 0 Å². The number of likely N-dealkylation sites (tertiary alicyclic amines) is 1. The third kappa shape index (κ3) is 3.31. The van der Waals surface area contributed by atoms with Crippen LogP contribution < -0.4 is 5.32 Å². The standard InChI is InChI=1S/C18H21ClN2O3/c1-11-6-7-12(19)10-15(11)20-16(22)8-9-21-17(23)13-4-2-3-5-14(13)18(21)24/h6-7,10,13-14H,2-5,8-9H2,1H3,(H,20,22)/t13-,14-/m0/s1. The lowest BCUT2D eigenvalue weighted by molar-refractivity contribution is -0.140. The van der Waals surface area contributed by atoms with Gasteiger partial charge < -0.3 is 5.32 Å². The highest BCUT2D eigenvalue weighted by Gasteiger charge is 2.47. The molecular weight excluding hydrogens is 328 g/mol. The highest BCUT2D eigenvalue weighted by Crippen LogP contribution is 2.38. The maximum absolute atomic E-state index is 12.4. The number of carbonyl (C=O) groups excluding carboxylic acids is 3. The van der Waals surface area contributed by atoms with Gasteiger partial charge in [-0.2, -0.15) is 0 Å². The lowest BCUT2D eigenvalue weighted by Gasteiger charge is -2.19. The van der Waals surface area contributed by atoms with E-state index in [1.165, 1.54) is 4.90 Å². The van der Waals surface area contributed by atoms with Crippen molar-refractivity contribution in [1.82, 2.24) is 4.90 Å². The van der Waals surface area contributed by atoms with Crippen LogP contribution in [0.1, 0.15) is 37.7 Å². The van der Waals surface area contributed by atoms with Gasteiger partial charge in [-0.15, -0.1) is 0 Å². The molecule has 1 saturated heterocycles. The number of nitrogens with zero attached hydrogens (tertiary/aromatic N) is 1. The van der Waals surface area contributed by atoms with E-state index in [1.54, 1.807) is 12.1 Å². The number of halogens is 1. The molecule has 1 N–H and O–H groups in total. The van der Waals surface area contributed by atoms with Crippen LogP contribution in [0, 0.1) is 18.8 Å². The molecule has 1 heterocycles. The fourth-order valence-electron chi connectivity index (χ4n) is 3.61. The summed E-state index contributed by atoms with van der Waals surface area (Å²) in [6, 6.07) is 5.28. The fourth-order valence-corrected chi connectivity index (χ4v) is 3.78. The monoisotopic (exact) mass is 348 g/mol. The van der Waals surface area contributed by atoms with Crippen LogP contribution in [-0.2, 0) is 14.4 Å². The summed E-state index contributed by atoms with van der Waals surface area (Å²) >= 11 is 5.94. The Morgan fingerprint density at radius 1 is 1.21 bits per heavy atom. The Morgan fingerprint density at radius 2 is 1.83 bits per heavy atom. The number of fused-ring (bicyclic) bond motifs is 1. The minimum absolute atomic E-state index is 0.100. The van der Waals surface area contributed by atoms with Gasteiger partial charge >= 0.3 is 0 Å². The Balaban J connectivity index is 1.59. The summed E-state index contributed by atoms with van der Waals surface area (Å²) in [6.45, 7) is 2.03. The number of anilines is 1. The predicted molar refractivity (Wildman–Crippen MR) is 91.6 cm³/mol. The number of hydrogen-bond acceptors (Lipinski definition) is 3. The molecule has 0 aromatic heterocycles. The molecule has 3 amide bonds. The average molecular weight is 349 g/mol. The van der Waals surface area contributed by atoms with Crippen LogP contribution in [0.15, 0.2) is 18.2 Å². The van der Waals surface area contributed by atoms with Gasteiger partial charge in [0, 0.05) is 23.7 Å². The largest absolute Gasteiger partial charge is 0.326 e. The molecule has 0 unspecified atom stereocenters. The molecule has 0 spiro atoms. The Labute approximate surface area is 146 Å². The van der Waals surface area contributed by atoms with Gasteiger partial charge in [0.15, 0.2) is 0 Å². The molecule has 1 aromatic carbocycles. The van der Waals surface area contributed by atoms with Crippen molar-refractivity contribution in [2.45, 2.75) is 39.0 Å². The lowest BCUT2D eigenvalue weighted by atomic mass is 9.81. The van der Waals surface area contributed by atoms with E-state index in [-0.39, 0.29) is 42.5 Å². The van der Waals surface area contributed by atoms with Crippen LogP contribution in [-0.4, -0.2) is 29.2 Å². The molecule has 1 aliphatic carbocycles. The zero-order valence-electron chi connectivity index (χ0n) is 13.7. The molecular formula is C18H21ClN2O3. The lowest BCUT2D eigenvalue weighted by Crippen LogP contribution is -2.34. The number of rotatable bonds is 4. The van der Waals surface area contributed by atoms with E-state index in [0.29, 0.717) is 10.7 Å². The van der Waals surface area contributed by atoms with E-state index < -0.39 is 0 Å². The Bertz CT molecular complexity index is 665. The van der Waals surface area contributed by atoms with Crippen LogP contribution in [0.5, 0.6) is 0 Å². The van der Waals surface area contributed by atoms with Crippen molar-refractivity contribution >= 4 is 35.0 Å². The van der Waals surface area contributed by atoms with Crippen LogP contribution in [0.25, 0.3) is 0 Å². The van der Waals surface area contributed by atoms with Gasteiger partial charge in [0.1, 0.15) is 0 Å². The highest BCUT2D eigenvalue weighted by molar-refractivity contribution is 6.31. The molecule has 2 fully saturated rings. The second kappa shape index (κ2) is 6.93. The number of aryl methyl sites for hydroxylation is 1. The molecule has 0 bridgehead atoms. The summed E-state index contributed by atoms with van der Waals surface area (Å²) < 4.78 is 0. The molecule has 5 nitrogen and oxygen atoms in total. The molecule has 24 heavy (non-hydrogen) atoms. The first-order valence-electron chi connectivity index (χ1n) is 8.38. The molecule has 0 radical (unpaired) electrons. The second-order valence-corrected chi connectivity index (χ2v) is 7.02. The summed E-state index contributed by atoms with van der Waals surface area (Å²) in [6.07, 6.45) is 3.69. The van der Waals surface area contributed by atoms with E-state index in [9.17, 15) is 14.4 Å². The summed E-state index contributed by atoms with van der Waals surface area (Å²) in [4.78, 5) is 38.2. The third-order valence-electron chi connectivity index (χ3n) is 4.97. The minimum atomic E-state index is -0.226. The van der Waals surface area contributed by atoms with Crippen LogP contribution >= 0.6 is 11.6 Å². The van der Waals surface area contributed by atoms with Crippen LogP contribution in [0.3, 0.4) is 0 Å². The maximum atomic E-state index is 12.4. The van der Waals surface area contributed by atoms with Gasteiger partial charge in [-0.1, -0.05) is 30.5 Å². The number of amides is 3. The van der Waals surface area contributed by atoms with Crippen molar-refractivity contribution in [1.29, 1.82) is 0 Å². The van der Waals surface area contributed by atoms with Gasteiger partial charge in [0.2, 0.25) is 17.7 Å². The predicted octanol–water partition coefficient (Wildman–Crippen LogP) is 3.15. The number of benzene rings is 1. The molecule has 1 aliphatic heterocycles. The fraction of sp³-hybridized carbons (Fsp3) is 0.500. The van der Waals surface area contributed by atoms with Gasteiger partial charge in [0.05, 0.1) is 11.8 Å². The van der Waals surface area contributed by atoms with Crippen molar-refractivity contribution in [3.05, 3.63) is 28.8 Å². The Hall–Kier alpha value is -1.88. The molecule has 2 atom stereocenters. The molecule has 6 heteroatoms. The quantitative estimate of drug-likeness (QED) is 0.850. The zero-order chi connectivity index (χ0) is 17.3. The Morgan fingerprint density at radius 3 is 2.46 bits per heavy atom. The van der Waals surface area contributed by atoms with E-state index >= 15 is 0 Å². The summed E-state index contributed by atoms with van der Waals surface area (Å²) in [5.41, 5.74) is 1.56. The van der Waals surface area contributed by atoms with Crippen molar-refractivity contribution in [2.24, 2.45) is 11.8 Å². The Kier molecular flexibility index (Phi) is 4.90. The van der Waals surface area contributed by atoms with E-state index in [2.05, 4.69) is 5.32 Å². The van der Waals surface area contributed by atoms with Crippen molar-refractivity contribution in [3.63, 3.8) is 0 Å². The molecule has 128 valence electrons. The first-order valence-corrected chi connectivity index (χ1v) is 8.76. The summed E-state index contributed by atoms with van der Waals surface area (Å²) in [7, 11) is 0. The molecule has 1 aromatic rings. The minimum Gasteiger partial charge on any atom is -0.326 e. The van der Waals surface area contributed by atoms with Crippen molar-refractivity contribution in [3.8, 4) is 0 Å². The molecule has 1 saturated carbocycles. The second-order valence-electron chi connectivity index (χ2n) is 6.58. The smallest absolute Gasteiger partial charge is 0.233 e. The molecule has 3 rings (SSSR count). The normalized spacial score (nSPS) is 23.3. The summed E-state index contributed by atoms with van der Waals surface area (Å²) in [5, 5.41) is 3.34. The van der Waals surface area contributed by atoms with Gasteiger partial charge in [-0.05, 0) is 37.5 Å². The topological polar surface area (TPSA) is 66.5 Å². The SMILES string of the molecule is Cc1ccc(Cl)cc1NC(=O)CCN1C(=O)[C@H]2CCCC[C@@H]2C1=O. The van der Waals surface area contributed by atoms with E-state index in [0.717, 1.165) is 31.2 Å². The first kappa shape index (κ1) is 17.0. The molecule has 2 aliphatic rings. The van der Waals surface area contributed by atoms with Gasteiger partial charge in [0.25, 0.3) is 0 Å². The number of nitrogens with one attached hydrogen (secondary N) is 1. The first-order chi connectivity index (χ1) is 11.5. The summed E-state index contributed by atoms with van der Waals surface area (Å²) in [5.74, 6) is -0.752. The highest BCUT2D eigenvalue weighted by atomic mass is 35.5. The zero-order valence-corrected chi connectivity index (χ0v) is 14.4. The van der Waals surface area contributed by atoms with Crippen LogP contribution in [0.4, 0.5) is 5.69 Å². The number of carbonyl (C=O) groups is 3. The third-order valence-corrected chi connectivity index (χ3v) is 5.20. The average Bonchev–Trinajstić information content (AvgIpc) is 2.81. The van der Waals surface area contributed by atoms with E-state index in [4.69, 9.17) is 11.6 Å². The van der Waals surface area contributed by atoms with Crippen molar-refractivity contribution < 1.29 is 14.4 Å². The number of hydrogen-bond donors (Lipinski definition) is 1. The van der Waals surface area contributed by atoms with E-state index in [1.807, 2.05) is 13.0 Å². The van der Waals surface area contributed by atoms with Gasteiger partial charge in [-0.3, -0.25) is 19.3 Å². The number of imide groups is 1.